The summed E-state index contributed by atoms with van der Waals surface area (Å²) in [5.74, 6) is -1.11. The van der Waals surface area contributed by atoms with Gasteiger partial charge in [-0.05, 0) is 6.42 Å². The Morgan fingerprint density at radius 2 is 1.88 bits per heavy atom. The highest BCUT2D eigenvalue weighted by Crippen LogP contribution is 2.05. The molecule has 4 heteroatoms. The minimum Gasteiger partial charge on any atom is -0.480 e. The largest absolute Gasteiger partial charge is 0.480 e. The molecule has 94 valence electrons. The van der Waals surface area contributed by atoms with E-state index in [4.69, 9.17) is 5.11 Å². The SMILES string of the molecule is CCCCCCC.O=C1CCC(C(=O)O)N1. The van der Waals surface area contributed by atoms with Crippen LogP contribution in [0.2, 0.25) is 0 Å². The van der Waals surface area contributed by atoms with E-state index in [0.29, 0.717) is 12.8 Å². The molecule has 0 aromatic rings. The van der Waals surface area contributed by atoms with Crippen molar-refractivity contribution in [3.8, 4) is 0 Å². The van der Waals surface area contributed by atoms with Crippen LogP contribution in [0.5, 0.6) is 0 Å². The Morgan fingerprint density at radius 3 is 2.12 bits per heavy atom. The van der Waals surface area contributed by atoms with E-state index in [1.54, 1.807) is 0 Å². The van der Waals surface area contributed by atoms with Gasteiger partial charge in [0.1, 0.15) is 6.04 Å². The molecule has 0 radical (unpaired) electrons. The first-order valence-electron chi connectivity index (χ1n) is 6.14. The Balaban J connectivity index is 0.000000293. The van der Waals surface area contributed by atoms with E-state index in [1.807, 2.05) is 0 Å². The summed E-state index contributed by atoms with van der Waals surface area (Å²) in [6.45, 7) is 4.49. The van der Waals surface area contributed by atoms with Crippen molar-refractivity contribution in [1.29, 1.82) is 0 Å². The summed E-state index contributed by atoms with van der Waals surface area (Å²) in [6, 6.07) is -0.641. The third-order valence-corrected chi connectivity index (χ3v) is 2.50. The fraction of sp³-hybridized carbons (Fsp3) is 0.833. The zero-order valence-corrected chi connectivity index (χ0v) is 10.3. The summed E-state index contributed by atoms with van der Waals surface area (Å²) >= 11 is 0. The van der Waals surface area contributed by atoms with Crippen LogP contribution in [0.25, 0.3) is 0 Å². The second-order valence-electron chi connectivity index (χ2n) is 4.06. The highest BCUT2D eigenvalue weighted by Gasteiger charge is 2.26. The van der Waals surface area contributed by atoms with E-state index in [-0.39, 0.29) is 5.91 Å². The van der Waals surface area contributed by atoms with Crippen molar-refractivity contribution in [3.05, 3.63) is 0 Å². The Labute approximate surface area is 97.4 Å². The Bertz CT molecular complexity index is 212. The highest BCUT2D eigenvalue weighted by atomic mass is 16.4. The number of carbonyl (C=O) groups excluding carboxylic acids is 1. The van der Waals surface area contributed by atoms with Gasteiger partial charge in [-0.1, -0.05) is 46.0 Å². The number of carbonyl (C=O) groups is 2. The van der Waals surface area contributed by atoms with E-state index in [9.17, 15) is 9.59 Å². The van der Waals surface area contributed by atoms with Crippen LogP contribution < -0.4 is 5.32 Å². The van der Waals surface area contributed by atoms with Crippen molar-refractivity contribution in [3.63, 3.8) is 0 Å². The average molecular weight is 229 g/mol. The van der Waals surface area contributed by atoms with Crippen molar-refractivity contribution < 1.29 is 14.7 Å². The zero-order chi connectivity index (χ0) is 12.4. The van der Waals surface area contributed by atoms with E-state index in [1.165, 1.54) is 32.1 Å². The lowest BCUT2D eigenvalue weighted by molar-refractivity contribution is -0.140. The molecule has 1 saturated heterocycles. The van der Waals surface area contributed by atoms with Gasteiger partial charge in [0.15, 0.2) is 0 Å². The predicted octanol–water partition coefficient (Wildman–Crippen LogP) is 2.33. The lowest BCUT2D eigenvalue weighted by Crippen LogP contribution is -2.32. The zero-order valence-electron chi connectivity index (χ0n) is 10.3. The fourth-order valence-electron chi connectivity index (χ4n) is 1.48. The Morgan fingerprint density at radius 1 is 1.31 bits per heavy atom. The van der Waals surface area contributed by atoms with Gasteiger partial charge in [-0.3, -0.25) is 4.79 Å². The summed E-state index contributed by atoms with van der Waals surface area (Å²) in [4.78, 5) is 20.5. The van der Waals surface area contributed by atoms with Gasteiger partial charge in [0.2, 0.25) is 5.91 Å². The maximum Gasteiger partial charge on any atom is 0.326 e. The Kier molecular flexibility index (Phi) is 8.58. The van der Waals surface area contributed by atoms with Gasteiger partial charge in [-0.2, -0.15) is 0 Å². The van der Waals surface area contributed by atoms with E-state index >= 15 is 0 Å². The van der Waals surface area contributed by atoms with Crippen molar-refractivity contribution in [1.82, 2.24) is 5.32 Å². The Hall–Kier alpha value is -1.06. The van der Waals surface area contributed by atoms with Crippen molar-refractivity contribution in [2.45, 2.75) is 64.8 Å². The first kappa shape index (κ1) is 14.9. The van der Waals surface area contributed by atoms with Crippen LogP contribution in [0, 0.1) is 0 Å². The van der Waals surface area contributed by atoms with Crippen LogP contribution >= 0.6 is 0 Å². The number of rotatable bonds is 5. The number of carboxylic acids is 1. The van der Waals surface area contributed by atoms with Gasteiger partial charge < -0.3 is 10.4 Å². The molecule has 0 aromatic heterocycles. The van der Waals surface area contributed by atoms with Crippen LogP contribution in [-0.2, 0) is 9.59 Å². The van der Waals surface area contributed by atoms with Crippen LogP contribution in [0.1, 0.15) is 58.8 Å². The first-order valence-corrected chi connectivity index (χ1v) is 6.14. The number of nitrogens with one attached hydrogen (secondary N) is 1. The molecule has 1 heterocycles. The summed E-state index contributed by atoms with van der Waals surface area (Å²) in [6.07, 6.45) is 7.78. The number of hydrogen-bond donors (Lipinski definition) is 2. The molecule has 1 atom stereocenters. The second kappa shape index (κ2) is 9.19. The monoisotopic (exact) mass is 229 g/mol. The molecule has 1 aliphatic rings. The second-order valence-corrected chi connectivity index (χ2v) is 4.06. The predicted molar refractivity (Wildman–Crippen MR) is 63.2 cm³/mol. The minimum atomic E-state index is -0.944. The van der Waals surface area contributed by atoms with Crippen LogP contribution in [-0.4, -0.2) is 23.0 Å². The van der Waals surface area contributed by atoms with Crippen molar-refractivity contribution >= 4 is 11.9 Å². The molecular formula is C12H23NO3. The van der Waals surface area contributed by atoms with Crippen LogP contribution in [0.15, 0.2) is 0 Å². The first-order chi connectivity index (χ1) is 7.61. The maximum absolute atomic E-state index is 10.4. The maximum atomic E-state index is 10.4. The van der Waals surface area contributed by atoms with Gasteiger partial charge in [-0.25, -0.2) is 4.79 Å². The quantitative estimate of drug-likeness (QED) is 0.711. The third-order valence-electron chi connectivity index (χ3n) is 2.50. The van der Waals surface area contributed by atoms with Gasteiger partial charge in [0.05, 0.1) is 0 Å². The van der Waals surface area contributed by atoms with Gasteiger partial charge in [0, 0.05) is 6.42 Å². The van der Waals surface area contributed by atoms with Crippen LogP contribution in [0.4, 0.5) is 0 Å². The fourth-order valence-corrected chi connectivity index (χ4v) is 1.48. The number of aliphatic carboxylic acids is 1. The van der Waals surface area contributed by atoms with E-state index in [0.717, 1.165) is 0 Å². The van der Waals surface area contributed by atoms with Crippen molar-refractivity contribution in [2.24, 2.45) is 0 Å². The minimum absolute atomic E-state index is 0.164. The lowest BCUT2D eigenvalue weighted by atomic mass is 10.2. The van der Waals surface area contributed by atoms with Crippen molar-refractivity contribution in [2.75, 3.05) is 0 Å². The summed E-state index contributed by atoms with van der Waals surface area (Å²) in [5.41, 5.74) is 0. The summed E-state index contributed by atoms with van der Waals surface area (Å²) in [7, 11) is 0. The molecule has 0 saturated carbocycles. The number of carboxylic acid groups (broad SMARTS) is 1. The topological polar surface area (TPSA) is 66.4 Å². The molecule has 0 bridgehead atoms. The molecule has 0 aromatic carbocycles. The van der Waals surface area contributed by atoms with Gasteiger partial charge in [0.25, 0.3) is 0 Å². The molecule has 0 aliphatic carbocycles. The van der Waals surface area contributed by atoms with Gasteiger partial charge >= 0.3 is 5.97 Å². The molecule has 2 N–H and O–H groups in total. The van der Waals surface area contributed by atoms with Gasteiger partial charge in [-0.15, -0.1) is 0 Å². The number of hydrogen-bond acceptors (Lipinski definition) is 2. The normalized spacial score (nSPS) is 18.6. The molecule has 0 spiro atoms. The molecule has 1 amide bonds. The molecular weight excluding hydrogens is 206 g/mol. The number of amides is 1. The van der Waals surface area contributed by atoms with Crippen LogP contribution in [0.3, 0.4) is 0 Å². The molecule has 1 unspecified atom stereocenters. The highest BCUT2D eigenvalue weighted by molar-refractivity contribution is 5.87. The molecule has 1 aliphatic heterocycles. The smallest absolute Gasteiger partial charge is 0.326 e. The molecule has 16 heavy (non-hydrogen) atoms. The summed E-state index contributed by atoms with van der Waals surface area (Å²) < 4.78 is 0. The lowest BCUT2D eigenvalue weighted by Gasteiger charge is -1.99. The van der Waals surface area contributed by atoms with E-state index < -0.39 is 12.0 Å². The standard InChI is InChI=1S/C7H16.C5H7NO3/c1-3-5-7-6-4-2;7-4-2-1-3(6-4)5(8)9/h3-7H2,1-2H3;3H,1-2H2,(H,6,7)(H,8,9). The van der Waals surface area contributed by atoms with E-state index in [2.05, 4.69) is 19.2 Å². The third kappa shape index (κ3) is 7.26. The molecule has 1 fully saturated rings. The molecule has 1 rings (SSSR count). The number of unbranched alkanes of at least 4 members (excludes halogenated alkanes) is 4. The summed E-state index contributed by atoms with van der Waals surface area (Å²) in [5, 5.41) is 10.6. The molecule has 4 nitrogen and oxygen atoms in total. The average Bonchev–Trinajstić information content (AvgIpc) is 2.67.